The van der Waals surface area contributed by atoms with Gasteiger partial charge in [-0.2, -0.15) is 4.98 Å². The van der Waals surface area contributed by atoms with Crippen LogP contribution < -0.4 is 0 Å². The highest BCUT2D eigenvalue weighted by molar-refractivity contribution is 5.95. The normalized spacial score (nSPS) is 15.1. The summed E-state index contributed by atoms with van der Waals surface area (Å²) < 4.78 is 5.37. The number of piperazine rings is 1. The van der Waals surface area contributed by atoms with Crippen molar-refractivity contribution in [2.75, 3.05) is 26.2 Å². The fourth-order valence-electron chi connectivity index (χ4n) is 3.31. The van der Waals surface area contributed by atoms with Gasteiger partial charge in [0.1, 0.15) is 0 Å². The maximum atomic E-state index is 12.7. The maximum absolute atomic E-state index is 12.7. The molecule has 6 heteroatoms. The lowest BCUT2D eigenvalue weighted by Gasteiger charge is -2.34. The number of carbonyl (C=O) groups excluding carboxylic acids is 1. The second kappa shape index (κ2) is 7.72. The van der Waals surface area contributed by atoms with Gasteiger partial charge < -0.3 is 9.42 Å². The van der Waals surface area contributed by atoms with Crippen molar-refractivity contribution < 1.29 is 9.32 Å². The van der Waals surface area contributed by atoms with Crippen LogP contribution >= 0.6 is 0 Å². The summed E-state index contributed by atoms with van der Waals surface area (Å²) in [6, 6.07) is 17.5. The van der Waals surface area contributed by atoms with Crippen molar-refractivity contribution in [1.82, 2.24) is 19.9 Å². The van der Waals surface area contributed by atoms with Gasteiger partial charge in [-0.25, -0.2) is 0 Å². The first kappa shape index (κ1) is 17.4. The van der Waals surface area contributed by atoms with Crippen molar-refractivity contribution in [3.63, 3.8) is 0 Å². The molecular weight excluding hydrogens is 340 g/mol. The molecule has 0 aliphatic carbocycles. The van der Waals surface area contributed by atoms with Gasteiger partial charge in [0, 0.05) is 37.3 Å². The summed E-state index contributed by atoms with van der Waals surface area (Å²) in [5, 5.41) is 4.09. The van der Waals surface area contributed by atoms with E-state index in [1.165, 1.54) is 0 Å². The Kier molecular flexibility index (Phi) is 4.98. The Morgan fingerprint density at radius 3 is 2.44 bits per heavy atom. The van der Waals surface area contributed by atoms with Crippen LogP contribution in [-0.4, -0.2) is 52.0 Å². The molecule has 4 rings (SSSR count). The molecule has 0 atom stereocenters. The highest BCUT2D eigenvalue weighted by Gasteiger charge is 2.24. The Balaban J connectivity index is 1.34. The third-order valence-corrected chi connectivity index (χ3v) is 4.89. The standard InChI is InChI=1S/C21H22N4O2/c1-16-7-5-6-10-18(16)21(26)25-13-11-24(12-14-25)15-19-22-20(27-23-19)17-8-3-2-4-9-17/h2-10H,11-15H2,1H3. The number of amides is 1. The van der Waals surface area contributed by atoms with Crippen molar-refractivity contribution in [3.05, 3.63) is 71.5 Å². The average molecular weight is 362 g/mol. The number of rotatable bonds is 4. The zero-order valence-corrected chi connectivity index (χ0v) is 15.3. The van der Waals surface area contributed by atoms with Crippen LogP contribution in [-0.2, 0) is 6.54 Å². The summed E-state index contributed by atoms with van der Waals surface area (Å²) >= 11 is 0. The van der Waals surface area contributed by atoms with Crippen LogP contribution in [0.4, 0.5) is 0 Å². The summed E-state index contributed by atoms with van der Waals surface area (Å²) in [5.41, 5.74) is 2.73. The lowest BCUT2D eigenvalue weighted by atomic mass is 10.1. The summed E-state index contributed by atoms with van der Waals surface area (Å²) in [5.74, 6) is 1.32. The number of aryl methyl sites for hydroxylation is 1. The number of carbonyl (C=O) groups is 1. The molecule has 2 heterocycles. The van der Waals surface area contributed by atoms with Gasteiger partial charge in [0.2, 0.25) is 0 Å². The van der Waals surface area contributed by atoms with E-state index in [0.29, 0.717) is 31.3 Å². The highest BCUT2D eigenvalue weighted by Crippen LogP contribution is 2.18. The van der Waals surface area contributed by atoms with Gasteiger partial charge in [-0.05, 0) is 30.7 Å². The van der Waals surface area contributed by atoms with E-state index in [2.05, 4.69) is 15.0 Å². The van der Waals surface area contributed by atoms with Crippen molar-refractivity contribution in [2.24, 2.45) is 0 Å². The molecule has 3 aromatic rings. The molecule has 0 spiro atoms. The molecule has 1 aliphatic rings. The predicted molar refractivity (Wildman–Crippen MR) is 102 cm³/mol. The molecule has 0 radical (unpaired) electrons. The smallest absolute Gasteiger partial charge is 0.257 e. The fraction of sp³-hybridized carbons (Fsp3) is 0.286. The molecule has 1 saturated heterocycles. The molecule has 1 fully saturated rings. The second-order valence-corrected chi connectivity index (χ2v) is 6.77. The number of benzene rings is 2. The molecule has 0 N–H and O–H groups in total. The van der Waals surface area contributed by atoms with Crippen molar-refractivity contribution in [3.8, 4) is 11.5 Å². The molecule has 1 aliphatic heterocycles. The molecule has 0 unspecified atom stereocenters. The van der Waals surface area contributed by atoms with Gasteiger partial charge >= 0.3 is 0 Å². The van der Waals surface area contributed by atoms with Gasteiger partial charge in [0.25, 0.3) is 11.8 Å². The van der Waals surface area contributed by atoms with Crippen molar-refractivity contribution in [2.45, 2.75) is 13.5 Å². The maximum Gasteiger partial charge on any atom is 0.257 e. The van der Waals surface area contributed by atoms with E-state index in [0.717, 1.165) is 29.8 Å². The zero-order valence-electron chi connectivity index (χ0n) is 15.3. The van der Waals surface area contributed by atoms with Gasteiger partial charge in [-0.15, -0.1) is 0 Å². The largest absolute Gasteiger partial charge is 0.336 e. The second-order valence-electron chi connectivity index (χ2n) is 6.77. The van der Waals surface area contributed by atoms with Crippen LogP contribution in [0.2, 0.25) is 0 Å². The van der Waals surface area contributed by atoms with E-state index in [1.54, 1.807) is 0 Å². The first-order valence-corrected chi connectivity index (χ1v) is 9.16. The lowest BCUT2D eigenvalue weighted by Crippen LogP contribution is -2.48. The van der Waals surface area contributed by atoms with Crippen molar-refractivity contribution >= 4 is 5.91 Å². The Morgan fingerprint density at radius 1 is 1.00 bits per heavy atom. The SMILES string of the molecule is Cc1ccccc1C(=O)N1CCN(Cc2noc(-c3ccccc3)n2)CC1. The molecule has 0 bridgehead atoms. The third kappa shape index (κ3) is 3.90. The highest BCUT2D eigenvalue weighted by atomic mass is 16.5. The number of hydrogen-bond donors (Lipinski definition) is 0. The molecule has 1 aromatic heterocycles. The van der Waals surface area contributed by atoms with E-state index in [4.69, 9.17) is 4.52 Å². The van der Waals surface area contributed by atoms with Crippen LogP contribution in [0.15, 0.2) is 59.1 Å². The van der Waals surface area contributed by atoms with Crippen LogP contribution in [0.3, 0.4) is 0 Å². The van der Waals surface area contributed by atoms with Crippen LogP contribution in [0.25, 0.3) is 11.5 Å². The zero-order chi connectivity index (χ0) is 18.6. The summed E-state index contributed by atoms with van der Waals surface area (Å²) in [6.45, 7) is 5.61. The first-order chi connectivity index (χ1) is 13.2. The number of aromatic nitrogens is 2. The minimum atomic E-state index is 0.110. The Hall–Kier alpha value is -2.99. The monoisotopic (exact) mass is 362 g/mol. The van der Waals surface area contributed by atoms with Gasteiger partial charge in [-0.1, -0.05) is 41.6 Å². The first-order valence-electron chi connectivity index (χ1n) is 9.16. The molecule has 27 heavy (non-hydrogen) atoms. The number of nitrogens with zero attached hydrogens (tertiary/aromatic N) is 4. The lowest BCUT2D eigenvalue weighted by molar-refractivity contribution is 0.0623. The van der Waals surface area contributed by atoms with Gasteiger partial charge in [-0.3, -0.25) is 9.69 Å². The average Bonchev–Trinajstić information content (AvgIpc) is 3.18. The van der Waals surface area contributed by atoms with E-state index in [9.17, 15) is 4.79 Å². The summed E-state index contributed by atoms with van der Waals surface area (Å²) in [6.07, 6.45) is 0. The molecule has 0 saturated carbocycles. The topological polar surface area (TPSA) is 62.5 Å². The van der Waals surface area contributed by atoms with E-state index >= 15 is 0 Å². The van der Waals surface area contributed by atoms with E-state index in [1.807, 2.05) is 66.4 Å². The Labute approximate surface area is 158 Å². The van der Waals surface area contributed by atoms with Crippen LogP contribution in [0.1, 0.15) is 21.7 Å². The van der Waals surface area contributed by atoms with Crippen molar-refractivity contribution in [1.29, 1.82) is 0 Å². The molecular formula is C21H22N4O2. The van der Waals surface area contributed by atoms with E-state index in [-0.39, 0.29) is 5.91 Å². The third-order valence-electron chi connectivity index (χ3n) is 4.89. The predicted octanol–water partition coefficient (Wildman–Crippen LogP) is 3.00. The van der Waals surface area contributed by atoms with E-state index < -0.39 is 0 Å². The molecule has 138 valence electrons. The molecule has 6 nitrogen and oxygen atoms in total. The fourth-order valence-corrected chi connectivity index (χ4v) is 3.31. The van der Waals surface area contributed by atoms with Crippen LogP contribution in [0.5, 0.6) is 0 Å². The Morgan fingerprint density at radius 2 is 1.70 bits per heavy atom. The molecule has 1 amide bonds. The minimum absolute atomic E-state index is 0.110. The molecule has 2 aromatic carbocycles. The Bertz CT molecular complexity index is 915. The number of hydrogen-bond acceptors (Lipinski definition) is 5. The minimum Gasteiger partial charge on any atom is -0.336 e. The summed E-state index contributed by atoms with van der Waals surface area (Å²) in [4.78, 5) is 21.4. The van der Waals surface area contributed by atoms with Crippen LogP contribution in [0, 0.1) is 6.92 Å². The van der Waals surface area contributed by atoms with Gasteiger partial charge in [0.15, 0.2) is 5.82 Å². The summed E-state index contributed by atoms with van der Waals surface area (Å²) in [7, 11) is 0. The van der Waals surface area contributed by atoms with Gasteiger partial charge in [0.05, 0.1) is 6.54 Å². The quantitative estimate of drug-likeness (QED) is 0.714.